The second-order valence-electron chi connectivity index (χ2n) is 8.18. The van der Waals surface area contributed by atoms with Crippen LogP contribution in [0.2, 0.25) is 0 Å². The molecule has 3 aliphatic rings. The minimum atomic E-state index is -1.14. The average molecular weight is 412 g/mol. The molecule has 2 aromatic carbocycles. The molecular formula is C23H22F2N2O3. The van der Waals surface area contributed by atoms with Crippen molar-refractivity contribution in [2.24, 2.45) is 0 Å². The fraction of sp³-hybridized carbons (Fsp3) is 0.391. The normalized spacial score (nSPS) is 25.1. The summed E-state index contributed by atoms with van der Waals surface area (Å²) in [5, 5.41) is 0. The van der Waals surface area contributed by atoms with Crippen LogP contribution in [-0.4, -0.2) is 46.5 Å². The van der Waals surface area contributed by atoms with Crippen molar-refractivity contribution in [2.75, 3.05) is 13.1 Å². The summed E-state index contributed by atoms with van der Waals surface area (Å²) in [7, 11) is 0. The molecule has 0 bridgehead atoms. The van der Waals surface area contributed by atoms with E-state index in [0.29, 0.717) is 12.8 Å². The Balaban J connectivity index is 1.31. The monoisotopic (exact) mass is 412 g/mol. The van der Waals surface area contributed by atoms with E-state index in [4.69, 9.17) is 4.74 Å². The van der Waals surface area contributed by atoms with Crippen LogP contribution in [-0.2, 0) is 9.53 Å². The molecule has 3 fully saturated rings. The third-order valence-electron chi connectivity index (χ3n) is 6.54. The molecule has 2 aromatic rings. The Bertz CT molecular complexity index is 989. The number of ether oxygens (including phenoxy) is 1. The van der Waals surface area contributed by atoms with Gasteiger partial charge in [0.15, 0.2) is 17.2 Å². The van der Waals surface area contributed by atoms with Crippen LogP contribution in [0.3, 0.4) is 0 Å². The van der Waals surface area contributed by atoms with Crippen LogP contribution < -0.4 is 0 Å². The zero-order valence-corrected chi connectivity index (χ0v) is 16.4. The first-order valence-electron chi connectivity index (χ1n) is 10.3. The van der Waals surface area contributed by atoms with E-state index in [1.165, 1.54) is 17.0 Å². The maximum atomic E-state index is 14.0. The van der Waals surface area contributed by atoms with Gasteiger partial charge >= 0.3 is 0 Å². The van der Waals surface area contributed by atoms with Crippen molar-refractivity contribution in [3.63, 3.8) is 0 Å². The summed E-state index contributed by atoms with van der Waals surface area (Å²) >= 11 is 0. The molecule has 0 N–H and O–H groups in total. The third-order valence-corrected chi connectivity index (χ3v) is 6.54. The van der Waals surface area contributed by atoms with Crippen molar-refractivity contribution < 1.29 is 23.1 Å². The first kappa shape index (κ1) is 19.2. The van der Waals surface area contributed by atoms with Crippen molar-refractivity contribution >= 4 is 11.8 Å². The van der Waals surface area contributed by atoms with E-state index < -0.39 is 23.1 Å². The number of amides is 2. The first-order chi connectivity index (χ1) is 14.5. The Labute approximate surface area is 173 Å². The van der Waals surface area contributed by atoms with Crippen LogP contribution in [0.5, 0.6) is 0 Å². The van der Waals surface area contributed by atoms with Gasteiger partial charge in [0.2, 0.25) is 0 Å². The van der Waals surface area contributed by atoms with Gasteiger partial charge in [-0.15, -0.1) is 0 Å². The zero-order valence-electron chi connectivity index (χ0n) is 16.4. The number of fused-ring (bicyclic) bond motifs is 1. The molecule has 0 radical (unpaired) electrons. The van der Waals surface area contributed by atoms with Crippen molar-refractivity contribution in [1.29, 1.82) is 0 Å². The Hall–Kier alpha value is -2.80. The van der Waals surface area contributed by atoms with Crippen LogP contribution in [0.1, 0.15) is 47.6 Å². The highest BCUT2D eigenvalue weighted by Crippen LogP contribution is 2.47. The summed E-state index contributed by atoms with van der Waals surface area (Å²) < 4.78 is 33.8. The van der Waals surface area contributed by atoms with Crippen LogP contribution in [0.15, 0.2) is 48.5 Å². The van der Waals surface area contributed by atoms with E-state index in [0.717, 1.165) is 24.5 Å². The summed E-state index contributed by atoms with van der Waals surface area (Å²) in [5.74, 6) is -2.77. The molecule has 0 saturated carbocycles. The molecule has 5 rings (SSSR count). The van der Waals surface area contributed by atoms with Gasteiger partial charge in [-0.3, -0.25) is 9.59 Å². The molecule has 2 atom stereocenters. The van der Waals surface area contributed by atoms with Crippen LogP contribution in [0.25, 0.3) is 0 Å². The van der Waals surface area contributed by atoms with E-state index in [-0.39, 0.29) is 36.8 Å². The van der Waals surface area contributed by atoms with E-state index >= 15 is 0 Å². The lowest BCUT2D eigenvalue weighted by molar-refractivity contribution is -0.142. The summed E-state index contributed by atoms with van der Waals surface area (Å²) in [4.78, 5) is 29.4. The van der Waals surface area contributed by atoms with E-state index in [2.05, 4.69) is 0 Å². The number of benzene rings is 2. The van der Waals surface area contributed by atoms with Gasteiger partial charge in [0.1, 0.15) is 6.23 Å². The Morgan fingerprint density at radius 1 is 1.00 bits per heavy atom. The standard InChI is InChI=1S/C23H22F2N2O3/c24-17-8-4-7-16(20(17)25)21(28)26-13-11-23(12-14-26)22(29)27-18(9-10-19(27)30-23)15-5-2-1-3-6-15/h1-8,18-19H,9-14H2/t18-,19+/m0/s1. The second kappa shape index (κ2) is 7.16. The maximum absolute atomic E-state index is 14.0. The largest absolute Gasteiger partial charge is 0.342 e. The molecule has 3 saturated heterocycles. The number of hydrogen-bond acceptors (Lipinski definition) is 3. The molecular weight excluding hydrogens is 390 g/mol. The molecule has 7 heteroatoms. The van der Waals surface area contributed by atoms with Gasteiger partial charge in [-0.1, -0.05) is 36.4 Å². The van der Waals surface area contributed by atoms with Crippen molar-refractivity contribution in [1.82, 2.24) is 9.80 Å². The van der Waals surface area contributed by atoms with Gasteiger partial charge in [0.25, 0.3) is 11.8 Å². The smallest absolute Gasteiger partial charge is 0.257 e. The number of hydrogen-bond donors (Lipinski definition) is 0. The quantitative estimate of drug-likeness (QED) is 0.757. The Morgan fingerprint density at radius 2 is 1.73 bits per heavy atom. The molecule has 1 spiro atoms. The zero-order chi connectivity index (χ0) is 20.9. The van der Waals surface area contributed by atoms with E-state index in [1.54, 1.807) is 0 Å². The predicted molar refractivity (Wildman–Crippen MR) is 104 cm³/mol. The highest BCUT2D eigenvalue weighted by Gasteiger charge is 2.58. The van der Waals surface area contributed by atoms with Crippen LogP contribution >= 0.6 is 0 Å². The van der Waals surface area contributed by atoms with E-state index in [9.17, 15) is 18.4 Å². The van der Waals surface area contributed by atoms with Gasteiger partial charge in [-0.05, 0) is 30.5 Å². The number of rotatable bonds is 2. The lowest BCUT2D eigenvalue weighted by Crippen LogP contribution is -2.51. The Kier molecular flexibility index (Phi) is 4.58. The highest BCUT2D eigenvalue weighted by molar-refractivity contribution is 5.95. The fourth-order valence-electron chi connectivity index (χ4n) is 4.96. The average Bonchev–Trinajstić information content (AvgIpc) is 3.29. The number of carbonyl (C=O) groups is 2. The predicted octanol–water partition coefficient (Wildman–Crippen LogP) is 3.66. The minimum absolute atomic E-state index is 0.00382. The lowest BCUT2D eigenvalue weighted by Gasteiger charge is -2.37. The topological polar surface area (TPSA) is 49.9 Å². The van der Waals surface area contributed by atoms with Crippen LogP contribution in [0, 0.1) is 11.6 Å². The van der Waals surface area contributed by atoms with Gasteiger partial charge < -0.3 is 14.5 Å². The summed E-state index contributed by atoms with van der Waals surface area (Å²) in [5.41, 5.74) is -0.118. The second-order valence-corrected chi connectivity index (χ2v) is 8.18. The van der Waals surface area contributed by atoms with Gasteiger partial charge in [-0.2, -0.15) is 0 Å². The summed E-state index contributed by atoms with van der Waals surface area (Å²) in [6.07, 6.45) is 2.10. The van der Waals surface area contributed by atoms with Crippen molar-refractivity contribution in [2.45, 2.75) is 43.6 Å². The summed E-state index contributed by atoms with van der Waals surface area (Å²) in [6, 6.07) is 13.5. The molecule has 30 heavy (non-hydrogen) atoms. The van der Waals surface area contributed by atoms with Gasteiger partial charge in [0, 0.05) is 25.9 Å². The summed E-state index contributed by atoms with van der Waals surface area (Å²) in [6.45, 7) is 0.522. The molecule has 5 nitrogen and oxygen atoms in total. The number of piperidine rings is 1. The molecule has 156 valence electrons. The van der Waals surface area contributed by atoms with Crippen molar-refractivity contribution in [3.8, 4) is 0 Å². The number of carbonyl (C=O) groups excluding carboxylic acids is 2. The van der Waals surface area contributed by atoms with Crippen LogP contribution in [0.4, 0.5) is 8.78 Å². The lowest BCUT2D eigenvalue weighted by atomic mass is 9.89. The molecule has 2 amide bonds. The molecule has 0 aromatic heterocycles. The minimum Gasteiger partial charge on any atom is -0.342 e. The van der Waals surface area contributed by atoms with Crippen molar-refractivity contribution in [3.05, 3.63) is 71.3 Å². The number of halogens is 2. The first-order valence-corrected chi connectivity index (χ1v) is 10.3. The Morgan fingerprint density at radius 3 is 2.47 bits per heavy atom. The highest BCUT2D eigenvalue weighted by atomic mass is 19.2. The third kappa shape index (κ3) is 2.91. The number of likely N-dealkylation sites (tertiary alicyclic amines) is 1. The molecule has 3 heterocycles. The van der Waals surface area contributed by atoms with Gasteiger partial charge in [0.05, 0.1) is 11.6 Å². The molecule has 3 aliphatic heterocycles. The SMILES string of the molecule is O=C(c1cccc(F)c1F)N1CCC2(CC1)O[C@@H]1CC[C@@H](c3ccccc3)N1C2=O. The van der Waals surface area contributed by atoms with Gasteiger partial charge in [-0.25, -0.2) is 8.78 Å². The fourth-order valence-corrected chi connectivity index (χ4v) is 4.96. The van der Waals surface area contributed by atoms with E-state index in [1.807, 2.05) is 35.2 Å². The maximum Gasteiger partial charge on any atom is 0.257 e. The molecule has 0 unspecified atom stereocenters. The molecule has 0 aliphatic carbocycles. The number of nitrogens with zero attached hydrogens (tertiary/aromatic N) is 2.